The first kappa shape index (κ1) is 28.6. The van der Waals surface area contributed by atoms with Gasteiger partial charge in [0, 0.05) is 16.6 Å². The normalized spacial score (nSPS) is 14.1. The lowest BCUT2D eigenvalue weighted by molar-refractivity contribution is 0.610. The summed E-state index contributed by atoms with van der Waals surface area (Å²) in [5.74, 6) is 0. The van der Waals surface area contributed by atoms with E-state index in [4.69, 9.17) is 16.6 Å². The van der Waals surface area contributed by atoms with Crippen LogP contribution in [0.1, 0.15) is 66.7 Å². The Morgan fingerprint density at radius 3 is 2.38 bits per heavy atom. The van der Waals surface area contributed by atoms with Crippen LogP contribution in [-0.4, -0.2) is 20.0 Å². The van der Waals surface area contributed by atoms with Crippen LogP contribution in [-0.2, 0) is 0 Å². The van der Waals surface area contributed by atoms with Gasteiger partial charge in [-0.2, -0.15) is 5.26 Å². The van der Waals surface area contributed by atoms with Crippen LogP contribution in [0.3, 0.4) is 0 Å². The van der Waals surface area contributed by atoms with Gasteiger partial charge in [0.15, 0.2) is 0 Å². The molecule has 2 atom stereocenters. The molecule has 0 amide bonds. The number of nitriles is 1. The van der Waals surface area contributed by atoms with Crippen LogP contribution >= 0.6 is 11.6 Å². The highest BCUT2D eigenvalue weighted by Crippen LogP contribution is 2.39. The van der Waals surface area contributed by atoms with Crippen molar-refractivity contribution in [3.05, 3.63) is 137 Å². The molecule has 222 valence electrons. The van der Waals surface area contributed by atoms with Gasteiger partial charge in [-0.05, 0) is 59.7 Å². The van der Waals surface area contributed by atoms with Crippen molar-refractivity contribution in [2.24, 2.45) is 0 Å². The largest absolute Gasteiger partial charge is 0.377 e. The third-order valence-electron chi connectivity index (χ3n) is 8.36. The third-order valence-corrected chi connectivity index (χ3v) is 8.58. The van der Waals surface area contributed by atoms with Crippen LogP contribution in [0.4, 0.5) is 11.4 Å². The summed E-state index contributed by atoms with van der Waals surface area (Å²) in [4.78, 5) is 4.78. The predicted octanol–water partition coefficient (Wildman–Crippen LogP) is 9.12. The average molecular weight is 610 g/mol. The molecule has 1 aliphatic carbocycles. The lowest BCUT2D eigenvalue weighted by Gasteiger charge is -2.23. The number of aromatic nitrogens is 4. The van der Waals surface area contributed by atoms with Crippen LogP contribution in [0.2, 0.25) is 5.02 Å². The highest BCUT2D eigenvalue weighted by atomic mass is 35.5. The average Bonchev–Trinajstić information content (AvgIpc) is 3.83. The first-order valence-corrected chi connectivity index (χ1v) is 15.7. The van der Waals surface area contributed by atoms with E-state index in [2.05, 4.69) is 82.5 Å². The molecule has 7 nitrogen and oxygen atoms in total. The summed E-state index contributed by atoms with van der Waals surface area (Å²) in [6.07, 6.45) is 6.74. The van der Waals surface area contributed by atoms with Gasteiger partial charge >= 0.3 is 0 Å². The maximum atomic E-state index is 10.1. The number of halogens is 1. The number of fused-ring (bicyclic) bond motifs is 1. The summed E-state index contributed by atoms with van der Waals surface area (Å²) in [6, 6.07) is 35.3. The lowest BCUT2D eigenvalue weighted by atomic mass is 9.97. The molecule has 0 spiro atoms. The van der Waals surface area contributed by atoms with Crippen molar-refractivity contribution in [2.75, 3.05) is 10.6 Å². The van der Waals surface area contributed by atoms with Crippen molar-refractivity contribution < 1.29 is 0 Å². The zero-order chi connectivity index (χ0) is 30.8. The molecular weight excluding hydrogens is 578 g/mol. The minimum atomic E-state index is -0.329. The van der Waals surface area contributed by atoms with Gasteiger partial charge in [-0.25, -0.2) is 4.68 Å². The molecule has 1 fully saturated rings. The number of hydrogen-bond acceptors (Lipinski definition) is 6. The van der Waals surface area contributed by atoms with Crippen LogP contribution < -0.4 is 10.6 Å². The van der Waals surface area contributed by atoms with E-state index in [9.17, 15) is 5.26 Å². The van der Waals surface area contributed by atoms with Gasteiger partial charge < -0.3 is 10.6 Å². The minimum Gasteiger partial charge on any atom is -0.377 e. The molecule has 0 bridgehead atoms. The van der Waals surface area contributed by atoms with Gasteiger partial charge in [0.1, 0.15) is 11.8 Å². The van der Waals surface area contributed by atoms with Crippen molar-refractivity contribution >= 4 is 33.9 Å². The van der Waals surface area contributed by atoms with Crippen LogP contribution in [0.25, 0.3) is 22.0 Å². The molecule has 1 aliphatic rings. The van der Waals surface area contributed by atoms with Gasteiger partial charge in [0.2, 0.25) is 0 Å². The minimum absolute atomic E-state index is 0.00484. The summed E-state index contributed by atoms with van der Waals surface area (Å²) in [5.41, 5.74) is 7.87. The molecule has 45 heavy (non-hydrogen) atoms. The Morgan fingerprint density at radius 2 is 1.64 bits per heavy atom. The fourth-order valence-electron chi connectivity index (χ4n) is 5.85. The number of nitrogens with one attached hydrogen (secondary N) is 2. The van der Waals surface area contributed by atoms with Crippen LogP contribution in [0, 0.1) is 11.3 Å². The fraction of sp³-hybridized carbons (Fsp3) is 0.189. The van der Waals surface area contributed by atoms with Gasteiger partial charge in [-0.3, -0.25) is 4.98 Å². The number of anilines is 2. The topological polar surface area (TPSA) is 91.5 Å². The summed E-state index contributed by atoms with van der Waals surface area (Å²) >= 11 is 6.80. The Balaban J connectivity index is 1.33. The van der Waals surface area contributed by atoms with E-state index in [1.807, 2.05) is 59.4 Å². The molecule has 1 saturated carbocycles. The van der Waals surface area contributed by atoms with Crippen molar-refractivity contribution in [1.29, 1.82) is 5.26 Å². The molecule has 4 aromatic carbocycles. The molecule has 8 heteroatoms. The summed E-state index contributed by atoms with van der Waals surface area (Å²) in [7, 11) is 0. The van der Waals surface area contributed by atoms with Gasteiger partial charge in [0.25, 0.3) is 0 Å². The zero-order valence-corrected chi connectivity index (χ0v) is 25.6. The van der Waals surface area contributed by atoms with Crippen LogP contribution in [0.5, 0.6) is 0 Å². The molecule has 1 unspecified atom stereocenters. The second-order valence-electron chi connectivity index (χ2n) is 11.4. The summed E-state index contributed by atoms with van der Waals surface area (Å²) in [5, 5.41) is 27.9. The van der Waals surface area contributed by atoms with E-state index in [1.54, 1.807) is 6.20 Å². The molecular formula is C37H32ClN7. The molecule has 7 rings (SSSR count). The van der Waals surface area contributed by atoms with E-state index >= 15 is 0 Å². The predicted molar refractivity (Wildman–Crippen MR) is 180 cm³/mol. The smallest absolute Gasteiger partial charge is 0.109 e. The second kappa shape index (κ2) is 12.4. The number of rotatable bonds is 10. The Labute approximate surface area is 267 Å². The van der Waals surface area contributed by atoms with Gasteiger partial charge in [-0.1, -0.05) is 103 Å². The highest BCUT2D eigenvalue weighted by molar-refractivity contribution is 6.32. The van der Waals surface area contributed by atoms with E-state index in [0.29, 0.717) is 27.8 Å². The maximum Gasteiger partial charge on any atom is 0.109 e. The Kier molecular flexibility index (Phi) is 7.89. The summed E-state index contributed by atoms with van der Waals surface area (Å²) in [6.45, 7) is 2.13. The molecule has 2 heterocycles. The molecule has 0 aliphatic heterocycles. The van der Waals surface area contributed by atoms with E-state index in [1.165, 1.54) is 0 Å². The van der Waals surface area contributed by atoms with Crippen LogP contribution in [0.15, 0.2) is 109 Å². The third kappa shape index (κ3) is 5.98. The number of pyridine rings is 1. The first-order chi connectivity index (χ1) is 22.1. The molecule has 2 aromatic heterocycles. The molecule has 2 N–H and O–H groups in total. The van der Waals surface area contributed by atoms with Gasteiger partial charge in [-0.15, -0.1) is 5.10 Å². The van der Waals surface area contributed by atoms with Gasteiger partial charge in [0.05, 0.1) is 46.8 Å². The number of nitrogens with zero attached hydrogens (tertiary/aromatic N) is 5. The van der Waals surface area contributed by atoms with E-state index < -0.39 is 0 Å². The van der Waals surface area contributed by atoms with E-state index in [-0.39, 0.29) is 12.1 Å². The fourth-order valence-corrected chi connectivity index (χ4v) is 6.07. The monoisotopic (exact) mass is 609 g/mol. The number of hydrogen-bond donors (Lipinski definition) is 2. The Bertz CT molecular complexity index is 2000. The highest BCUT2D eigenvalue weighted by Gasteiger charge is 2.28. The second-order valence-corrected chi connectivity index (χ2v) is 11.9. The molecule has 6 aromatic rings. The van der Waals surface area contributed by atoms with Crippen molar-refractivity contribution in [2.45, 2.75) is 44.3 Å². The zero-order valence-electron chi connectivity index (χ0n) is 24.9. The lowest BCUT2D eigenvalue weighted by Crippen LogP contribution is -2.15. The number of benzene rings is 4. The molecule has 0 saturated heterocycles. The Hall–Kier alpha value is -5.19. The van der Waals surface area contributed by atoms with Crippen molar-refractivity contribution in [3.8, 4) is 17.2 Å². The van der Waals surface area contributed by atoms with E-state index in [0.717, 1.165) is 58.3 Å². The maximum absolute atomic E-state index is 10.1. The standard InChI is InChI=1S/C37H32ClN7/c1-2-32(25-12-7-4-8-13-25)41-35-28(21-39)22-40-37-31(35)19-29(38)20-33(37)42-36(34-23-45(44-43-34)30-16-17-30)27-15-9-14-26(18-27)24-10-5-3-6-11-24/h3-15,18-20,22-23,30,32,36,42H,2,16-17H2,1H3,(H,40,41)/t32-,36?/m1/s1. The Morgan fingerprint density at radius 1 is 0.911 bits per heavy atom. The molecule has 0 radical (unpaired) electrons. The van der Waals surface area contributed by atoms with Crippen molar-refractivity contribution in [3.63, 3.8) is 0 Å². The SMILES string of the molecule is CC[C@@H](Nc1c(C#N)cnc2c(NC(c3cccc(-c4ccccc4)c3)c3cn(C4CC4)nn3)cc(Cl)cc12)c1ccccc1. The summed E-state index contributed by atoms with van der Waals surface area (Å²) < 4.78 is 1.97. The first-order valence-electron chi connectivity index (χ1n) is 15.3. The quantitative estimate of drug-likeness (QED) is 0.161. The van der Waals surface area contributed by atoms with Crippen molar-refractivity contribution in [1.82, 2.24) is 20.0 Å².